The van der Waals surface area contributed by atoms with E-state index in [1.54, 1.807) is 6.92 Å². The van der Waals surface area contributed by atoms with E-state index in [9.17, 15) is 9.90 Å². The molecule has 3 atom stereocenters. The Balaban J connectivity index is 1.45. The zero-order chi connectivity index (χ0) is 16.2. The molecule has 5 heteroatoms. The minimum Gasteiger partial charge on any atom is -0.445 e. The highest BCUT2D eigenvalue weighted by Crippen LogP contribution is 2.32. The maximum absolute atomic E-state index is 11.7. The van der Waals surface area contributed by atoms with Crippen LogP contribution in [0.25, 0.3) is 0 Å². The number of alkyl carbamates (subject to hydrolysis) is 1. The zero-order valence-corrected chi connectivity index (χ0v) is 13.5. The molecule has 5 nitrogen and oxygen atoms in total. The molecule has 1 amide bonds. The molecule has 126 valence electrons. The Bertz CT molecular complexity index is 516. The number of carbonyl (C=O) groups is 1. The molecule has 1 aromatic carbocycles. The van der Waals surface area contributed by atoms with E-state index in [2.05, 4.69) is 17.4 Å². The standard InChI is InChI=1S/C18H25NO4/c1-12-16(17(20)23-12)19-18(21)22-11-13-7-9-15(10-8-13)14-5-3-2-4-6-14/h7-10,12,14,16-17,20H,2-6,11H2,1H3,(H,19,21). The fourth-order valence-electron chi connectivity index (χ4n) is 3.37. The van der Waals surface area contributed by atoms with Crippen molar-refractivity contribution in [3.63, 3.8) is 0 Å². The molecule has 0 aromatic heterocycles. The molecule has 23 heavy (non-hydrogen) atoms. The first-order chi connectivity index (χ1) is 11.1. The summed E-state index contributed by atoms with van der Waals surface area (Å²) in [6, 6.07) is 7.97. The predicted octanol–water partition coefficient (Wildman–Crippen LogP) is 3.07. The van der Waals surface area contributed by atoms with Crippen molar-refractivity contribution in [1.82, 2.24) is 5.32 Å². The first-order valence-corrected chi connectivity index (χ1v) is 8.49. The fourth-order valence-corrected chi connectivity index (χ4v) is 3.37. The summed E-state index contributed by atoms with van der Waals surface area (Å²) in [4.78, 5) is 11.7. The highest BCUT2D eigenvalue weighted by molar-refractivity contribution is 5.67. The third-order valence-electron chi connectivity index (χ3n) is 4.88. The van der Waals surface area contributed by atoms with Crippen molar-refractivity contribution >= 4 is 6.09 Å². The average Bonchev–Trinajstić information content (AvgIpc) is 2.59. The molecule has 1 aromatic rings. The number of aliphatic hydroxyl groups excluding tert-OH is 1. The Labute approximate surface area is 137 Å². The Morgan fingerprint density at radius 1 is 1.26 bits per heavy atom. The first-order valence-electron chi connectivity index (χ1n) is 8.49. The topological polar surface area (TPSA) is 67.8 Å². The maximum atomic E-state index is 11.7. The molecule has 0 radical (unpaired) electrons. The van der Waals surface area contributed by atoms with E-state index < -0.39 is 18.4 Å². The summed E-state index contributed by atoms with van der Waals surface area (Å²) in [5.74, 6) is 0.684. The van der Waals surface area contributed by atoms with Crippen molar-refractivity contribution in [3.05, 3.63) is 35.4 Å². The molecule has 1 aliphatic carbocycles. The van der Waals surface area contributed by atoms with Crippen LogP contribution in [0.2, 0.25) is 0 Å². The Kier molecular flexibility index (Phi) is 5.18. The van der Waals surface area contributed by atoms with Crippen molar-refractivity contribution in [2.24, 2.45) is 0 Å². The SMILES string of the molecule is CC1OC(O)C1NC(=O)OCc1ccc(C2CCCCC2)cc1. The summed E-state index contributed by atoms with van der Waals surface area (Å²) < 4.78 is 10.2. The minimum atomic E-state index is -0.938. The Morgan fingerprint density at radius 2 is 1.96 bits per heavy atom. The van der Waals surface area contributed by atoms with Gasteiger partial charge in [0.1, 0.15) is 12.6 Å². The number of aliphatic hydroxyl groups is 1. The molecule has 1 saturated heterocycles. The zero-order valence-electron chi connectivity index (χ0n) is 13.5. The lowest BCUT2D eigenvalue weighted by Crippen LogP contribution is -2.61. The highest BCUT2D eigenvalue weighted by Gasteiger charge is 2.39. The molecule has 2 fully saturated rings. The van der Waals surface area contributed by atoms with E-state index in [0.717, 1.165) is 5.56 Å². The molecular formula is C18H25NO4. The maximum Gasteiger partial charge on any atom is 0.407 e. The van der Waals surface area contributed by atoms with E-state index in [0.29, 0.717) is 5.92 Å². The third kappa shape index (κ3) is 4.03. The summed E-state index contributed by atoms with van der Waals surface area (Å²) in [7, 11) is 0. The van der Waals surface area contributed by atoms with Crippen LogP contribution in [0, 0.1) is 0 Å². The first kappa shape index (κ1) is 16.3. The molecule has 0 spiro atoms. The second-order valence-electron chi connectivity index (χ2n) is 6.55. The highest BCUT2D eigenvalue weighted by atomic mass is 16.6. The van der Waals surface area contributed by atoms with Crippen LogP contribution in [-0.2, 0) is 16.1 Å². The Morgan fingerprint density at radius 3 is 2.57 bits per heavy atom. The molecule has 0 bridgehead atoms. The molecule has 3 rings (SSSR count). The van der Waals surface area contributed by atoms with Gasteiger partial charge in [-0.2, -0.15) is 0 Å². The van der Waals surface area contributed by atoms with Crippen molar-refractivity contribution in [3.8, 4) is 0 Å². The number of carbonyl (C=O) groups excluding carboxylic acids is 1. The van der Waals surface area contributed by atoms with Crippen LogP contribution in [0.1, 0.15) is 56.1 Å². The largest absolute Gasteiger partial charge is 0.445 e. The van der Waals surface area contributed by atoms with Gasteiger partial charge >= 0.3 is 6.09 Å². The number of ether oxygens (including phenoxy) is 2. The molecule has 2 aliphatic rings. The van der Waals surface area contributed by atoms with Gasteiger partial charge in [-0.05, 0) is 36.8 Å². The molecule has 1 heterocycles. The predicted molar refractivity (Wildman–Crippen MR) is 85.9 cm³/mol. The van der Waals surface area contributed by atoms with E-state index in [-0.39, 0.29) is 12.7 Å². The summed E-state index contributed by atoms with van der Waals surface area (Å²) in [5.41, 5.74) is 2.36. The number of nitrogens with one attached hydrogen (secondary N) is 1. The summed E-state index contributed by atoms with van der Waals surface area (Å²) in [6.45, 7) is 2.02. The van der Waals surface area contributed by atoms with Crippen molar-refractivity contribution in [2.75, 3.05) is 0 Å². The van der Waals surface area contributed by atoms with Crippen LogP contribution in [0.4, 0.5) is 4.79 Å². The van der Waals surface area contributed by atoms with Crippen LogP contribution >= 0.6 is 0 Å². The van der Waals surface area contributed by atoms with Gasteiger partial charge in [-0.1, -0.05) is 43.5 Å². The van der Waals surface area contributed by atoms with Gasteiger partial charge in [0.05, 0.1) is 6.10 Å². The second kappa shape index (κ2) is 7.32. The van der Waals surface area contributed by atoms with Gasteiger partial charge in [-0.3, -0.25) is 0 Å². The van der Waals surface area contributed by atoms with Gasteiger partial charge in [0.25, 0.3) is 0 Å². The van der Waals surface area contributed by atoms with Crippen molar-refractivity contribution in [1.29, 1.82) is 0 Å². The molecule has 1 saturated carbocycles. The Hall–Kier alpha value is -1.59. The van der Waals surface area contributed by atoms with Gasteiger partial charge in [0.2, 0.25) is 0 Å². The number of hydrogen-bond donors (Lipinski definition) is 2. The molecule has 3 unspecified atom stereocenters. The van der Waals surface area contributed by atoms with Crippen LogP contribution < -0.4 is 5.32 Å². The quantitative estimate of drug-likeness (QED) is 0.895. The van der Waals surface area contributed by atoms with E-state index in [1.807, 2.05) is 12.1 Å². The number of hydrogen-bond acceptors (Lipinski definition) is 4. The van der Waals surface area contributed by atoms with Gasteiger partial charge in [-0.15, -0.1) is 0 Å². The average molecular weight is 319 g/mol. The van der Waals surface area contributed by atoms with E-state index in [4.69, 9.17) is 9.47 Å². The minimum absolute atomic E-state index is 0.188. The number of benzene rings is 1. The summed E-state index contributed by atoms with van der Waals surface area (Å²) in [6.07, 6.45) is 4.91. The fraction of sp³-hybridized carbons (Fsp3) is 0.611. The number of rotatable bonds is 4. The van der Waals surface area contributed by atoms with Crippen molar-refractivity contribution in [2.45, 2.75) is 70.0 Å². The van der Waals surface area contributed by atoms with Crippen LogP contribution in [0.3, 0.4) is 0 Å². The van der Waals surface area contributed by atoms with E-state index >= 15 is 0 Å². The second-order valence-corrected chi connectivity index (χ2v) is 6.55. The van der Waals surface area contributed by atoms with Crippen LogP contribution in [0.15, 0.2) is 24.3 Å². The van der Waals surface area contributed by atoms with Gasteiger partial charge in [-0.25, -0.2) is 4.79 Å². The molecular weight excluding hydrogens is 294 g/mol. The molecule has 1 aliphatic heterocycles. The van der Waals surface area contributed by atoms with Gasteiger partial charge < -0.3 is 19.9 Å². The number of amides is 1. The van der Waals surface area contributed by atoms with Crippen molar-refractivity contribution < 1.29 is 19.4 Å². The third-order valence-corrected chi connectivity index (χ3v) is 4.88. The molecule has 2 N–H and O–H groups in total. The van der Waals surface area contributed by atoms with E-state index in [1.165, 1.54) is 37.7 Å². The normalized spacial score (nSPS) is 28.0. The summed E-state index contributed by atoms with van der Waals surface area (Å²) in [5, 5.41) is 12.0. The van der Waals surface area contributed by atoms with Gasteiger partial charge in [0, 0.05) is 0 Å². The monoisotopic (exact) mass is 319 g/mol. The van der Waals surface area contributed by atoms with Crippen LogP contribution in [-0.4, -0.2) is 29.6 Å². The lowest BCUT2D eigenvalue weighted by atomic mass is 9.84. The smallest absolute Gasteiger partial charge is 0.407 e. The van der Waals surface area contributed by atoms with Crippen LogP contribution in [0.5, 0.6) is 0 Å². The summed E-state index contributed by atoms with van der Waals surface area (Å²) >= 11 is 0. The lowest BCUT2D eigenvalue weighted by molar-refractivity contribution is -0.247. The van der Waals surface area contributed by atoms with Gasteiger partial charge in [0.15, 0.2) is 6.29 Å². The lowest BCUT2D eigenvalue weighted by Gasteiger charge is -2.39.